The van der Waals surface area contributed by atoms with Gasteiger partial charge >= 0.3 is 5.97 Å². The van der Waals surface area contributed by atoms with Crippen LogP contribution in [0.4, 0.5) is 16.0 Å². The van der Waals surface area contributed by atoms with Crippen molar-refractivity contribution >= 4 is 28.5 Å². The Morgan fingerprint density at radius 3 is 2.92 bits per heavy atom. The average Bonchev–Trinajstić information content (AvgIpc) is 3.23. The Morgan fingerprint density at radius 2 is 2.11 bits per heavy atom. The van der Waals surface area contributed by atoms with Gasteiger partial charge < -0.3 is 25.4 Å². The lowest BCUT2D eigenvalue weighted by Gasteiger charge is -2.25. The molecule has 0 unspecified atom stereocenters. The lowest BCUT2D eigenvalue weighted by Crippen LogP contribution is -2.38. The maximum absolute atomic E-state index is 14.5. The largest absolute Gasteiger partial charge is 0.480 e. The van der Waals surface area contributed by atoms with E-state index < -0.39 is 18.2 Å². The molecule has 0 amide bonds. The quantitative estimate of drug-likeness (QED) is 0.256. The van der Waals surface area contributed by atoms with Crippen molar-refractivity contribution in [1.82, 2.24) is 19.7 Å². The molecule has 206 valence electrons. The zero-order valence-electron chi connectivity index (χ0n) is 22.3. The van der Waals surface area contributed by atoms with E-state index in [1.54, 1.807) is 4.68 Å². The highest BCUT2D eigenvalue weighted by atomic mass is 19.1. The number of halogens is 1. The summed E-state index contributed by atoms with van der Waals surface area (Å²) in [7, 11) is 3.32. The van der Waals surface area contributed by atoms with E-state index in [0.29, 0.717) is 25.3 Å². The molecule has 1 aliphatic heterocycles. The van der Waals surface area contributed by atoms with E-state index >= 15 is 0 Å². The Bertz CT molecular complexity index is 1200. The SMILES string of the molecule is COC[C@@H](F)CN(CCCCc1ccc2c(n1)NCCC2)CC[C@H](Nc1nn(C)c2ccccc12)C(=O)O. The summed E-state index contributed by atoms with van der Waals surface area (Å²) in [4.78, 5) is 18.8. The van der Waals surface area contributed by atoms with E-state index in [9.17, 15) is 14.3 Å². The van der Waals surface area contributed by atoms with Crippen molar-refractivity contribution in [2.45, 2.75) is 50.7 Å². The molecular formula is C28H39FN6O3. The summed E-state index contributed by atoms with van der Waals surface area (Å²) < 4.78 is 21.2. The van der Waals surface area contributed by atoms with Crippen molar-refractivity contribution in [3.63, 3.8) is 0 Å². The molecule has 1 aromatic carbocycles. The highest BCUT2D eigenvalue weighted by molar-refractivity contribution is 5.91. The number of aromatic nitrogens is 3. The van der Waals surface area contributed by atoms with E-state index in [4.69, 9.17) is 9.72 Å². The molecule has 0 saturated carbocycles. The van der Waals surface area contributed by atoms with Crippen molar-refractivity contribution in [3.8, 4) is 0 Å². The summed E-state index contributed by atoms with van der Waals surface area (Å²) in [5.74, 6) is 0.584. The first kappa shape index (κ1) is 27.8. The molecule has 3 heterocycles. The molecule has 0 radical (unpaired) electrons. The van der Waals surface area contributed by atoms with Gasteiger partial charge in [0.05, 0.1) is 12.1 Å². The molecule has 3 aromatic rings. The number of rotatable bonds is 15. The number of aryl methyl sites for hydroxylation is 3. The van der Waals surface area contributed by atoms with Crippen molar-refractivity contribution in [1.29, 1.82) is 0 Å². The second-order valence-corrected chi connectivity index (χ2v) is 9.96. The van der Waals surface area contributed by atoms with Crippen LogP contribution >= 0.6 is 0 Å². The van der Waals surface area contributed by atoms with Crippen LogP contribution < -0.4 is 10.6 Å². The van der Waals surface area contributed by atoms with Crippen molar-refractivity contribution < 1.29 is 19.0 Å². The van der Waals surface area contributed by atoms with Gasteiger partial charge in [0.25, 0.3) is 0 Å². The summed E-state index contributed by atoms with van der Waals surface area (Å²) in [5.41, 5.74) is 3.26. The molecule has 0 bridgehead atoms. The second kappa shape index (κ2) is 13.5. The molecule has 1 aliphatic rings. The van der Waals surface area contributed by atoms with Crippen molar-refractivity contribution in [3.05, 3.63) is 47.7 Å². The number of ether oxygens (including phenoxy) is 1. The van der Waals surface area contributed by atoms with Gasteiger partial charge in [-0.1, -0.05) is 18.2 Å². The molecule has 3 N–H and O–H groups in total. The highest BCUT2D eigenvalue weighted by Gasteiger charge is 2.22. The van der Waals surface area contributed by atoms with Crippen LogP contribution in [0.3, 0.4) is 0 Å². The molecule has 2 atom stereocenters. The number of alkyl halides is 1. The fourth-order valence-electron chi connectivity index (χ4n) is 5.01. The topological polar surface area (TPSA) is 105 Å². The third-order valence-electron chi connectivity index (χ3n) is 7.01. The first-order valence-electron chi connectivity index (χ1n) is 13.4. The lowest BCUT2D eigenvalue weighted by molar-refractivity contribution is -0.138. The van der Waals surface area contributed by atoms with Gasteiger partial charge in [0, 0.05) is 44.9 Å². The number of hydrogen-bond acceptors (Lipinski definition) is 7. The van der Waals surface area contributed by atoms with Crippen molar-refractivity contribution in [2.24, 2.45) is 7.05 Å². The number of methoxy groups -OCH3 is 1. The Balaban J connectivity index is 1.33. The maximum Gasteiger partial charge on any atom is 0.326 e. The summed E-state index contributed by atoms with van der Waals surface area (Å²) in [6, 6.07) is 11.1. The van der Waals surface area contributed by atoms with E-state index in [1.165, 1.54) is 12.7 Å². The number of unbranched alkanes of at least 4 members (excludes halogenated alkanes) is 1. The van der Waals surface area contributed by atoms with Crippen LogP contribution in [0.5, 0.6) is 0 Å². The monoisotopic (exact) mass is 526 g/mol. The summed E-state index contributed by atoms with van der Waals surface area (Å²) in [5, 5.41) is 21.7. The number of benzene rings is 1. The Kier molecular flexibility index (Phi) is 9.89. The maximum atomic E-state index is 14.5. The standard InChI is InChI=1S/C28H39FN6O3/c1-34-25-11-4-3-10-23(25)27(33-34)32-24(28(36)37)14-17-35(18-21(29)19-38-2)16-6-5-9-22-13-12-20-8-7-15-30-26(20)31-22/h3-4,10-13,21,24H,5-9,14-19H2,1-2H3,(H,30,31)(H,32,33)(H,36,37)/t21-,24-/m0/s1. The van der Waals surface area contributed by atoms with Crippen LogP contribution in [0.15, 0.2) is 36.4 Å². The van der Waals surface area contributed by atoms with Gasteiger partial charge in [-0.05, 0) is 68.8 Å². The van der Waals surface area contributed by atoms with Crippen LogP contribution in [0, 0.1) is 0 Å². The predicted octanol–water partition coefficient (Wildman–Crippen LogP) is 3.89. The molecule has 0 saturated heterocycles. The highest BCUT2D eigenvalue weighted by Crippen LogP contribution is 2.23. The minimum Gasteiger partial charge on any atom is -0.480 e. The number of pyridine rings is 1. The van der Waals surface area contributed by atoms with Crippen LogP contribution in [0.1, 0.15) is 36.9 Å². The normalized spacial score (nSPS) is 14.7. The summed E-state index contributed by atoms with van der Waals surface area (Å²) in [6.45, 7) is 2.30. The molecule has 10 heteroatoms. The van der Waals surface area contributed by atoms with Gasteiger partial charge in [0.1, 0.15) is 18.0 Å². The number of fused-ring (bicyclic) bond motifs is 2. The van der Waals surface area contributed by atoms with E-state index in [0.717, 1.165) is 61.1 Å². The Hall–Kier alpha value is -3.24. The minimum absolute atomic E-state index is 0.0169. The molecule has 0 aliphatic carbocycles. The fourth-order valence-corrected chi connectivity index (χ4v) is 5.01. The van der Waals surface area contributed by atoms with Gasteiger partial charge in [-0.25, -0.2) is 14.2 Å². The van der Waals surface area contributed by atoms with Crippen LogP contribution in [-0.2, 0) is 29.4 Å². The first-order valence-corrected chi connectivity index (χ1v) is 13.4. The minimum atomic E-state index is -1.13. The van der Waals surface area contributed by atoms with E-state index in [2.05, 4.69) is 27.9 Å². The van der Waals surface area contributed by atoms with Crippen LogP contribution in [-0.4, -0.2) is 82.8 Å². The molecule has 4 rings (SSSR count). The van der Waals surface area contributed by atoms with Gasteiger partial charge in [0.15, 0.2) is 5.82 Å². The van der Waals surface area contributed by atoms with Gasteiger partial charge in [-0.2, -0.15) is 5.10 Å². The number of carbonyl (C=O) groups is 1. The first-order chi connectivity index (χ1) is 18.4. The van der Waals surface area contributed by atoms with Gasteiger partial charge in [-0.15, -0.1) is 0 Å². The molecule has 0 fully saturated rings. The average molecular weight is 527 g/mol. The number of para-hydroxylation sites is 1. The number of nitrogens with zero attached hydrogens (tertiary/aromatic N) is 4. The van der Waals surface area contributed by atoms with Crippen molar-refractivity contribution in [2.75, 3.05) is 50.5 Å². The Labute approximate surface area is 223 Å². The van der Waals surface area contributed by atoms with E-state index in [-0.39, 0.29) is 13.2 Å². The number of nitrogens with one attached hydrogen (secondary N) is 2. The summed E-state index contributed by atoms with van der Waals surface area (Å²) >= 11 is 0. The van der Waals surface area contributed by atoms with E-state index in [1.807, 2.05) is 36.2 Å². The molecular weight excluding hydrogens is 487 g/mol. The third-order valence-corrected chi connectivity index (χ3v) is 7.01. The molecule has 38 heavy (non-hydrogen) atoms. The van der Waals surface area contributed by atoms with Crippen LogP contribution in [0.2, 0.25) is 0 Å². The number of carboxylic acid groups (broad SMARTS) is 1. The smallest absolute Gasteiger partial charge is 0.326 e. The number of hydrogen-bond donors (Lipinski definition) is 3. The van der Waals surface area contributed by atoms with Gasteiger partial charge in [-0.3, -0.25) is 4.68 Å². The Morgan fingerprint density at radius 1 is 1.26 bits per heavy atom. The zero-order chi connectivity index (χ0) is 26.9. The van der Waals surface area contributed by atoms with Gasteiger partial charge in [0.2, 0.25) is 0 Å². The number of anilines is 2. The predicted molar refractivity (Wildman–Crippen MR) is 148 cm³/mol. The molecule has 0 spiro atoms. The fraction of sp³-hybridized carbons (Fsp3) is 0.536. The zero-order valence-corrected chi connectivity index (χ0v) is 22.3. The second-order valence-electron chi connectivity index (χ2n) is 9.96. The number of aliphatic carboxylic acids is 1. The number of carboxylic acids is 1. The molecule has 2 aromatic heterocycles. The van der Waals surface area contributed by atoms with Crippen LogP contribution in [0.25, 0.3) is 10.9 Å². The molecule has 9 nitrogen and oxygen atoms in total. The summed E-state index contributed by atoms with van der Waals surface area (Å²) in [6.07, 6.45) is 4.03. The third kappa shape index (κ3) is 7.41. The lowest BCUT2D eigenvalue weighted by atomic mass is 10.1.